The van der Waals surface area contributed by atoms with E-state index in [4.69, 9.17) is 16.3 Å². The number of hydrogen-bond donors (Lipinski definition) is 0. The van der Waals surface area contributed by atoms with Crippen LogP contribution >= 0.6 is 11.6 Å². The first-order valence-electron chi connectivity index (χ1n) is 5.66. The molecular formula is C13H15ClO2. The van der Waals surface area contributed by atoms with Crippen molar-refractivity contribution in [3.8, 4) is 0 Å². The Morgan fingerprint density at radius 1 is 1.38 bits per heavy atom. The highest BCUT2D eigenvalue weighted by Gasteiger charge is 2.19. The topological polar surface area (TPSA) is 26.3 Å². The summed E-state index contributed by atoms with van der Waals surface area (Å²) in [5, 5.41) is 0.531. The van der Waals surface area contributed by atoms with E-state index in [9.17, 15) is 4.79 Å². The third-order valence-corrected chi connectivity index (χ3v) is 3.19. The highest BCUT2D eigenvalue weighted by molar-refractivity contribution is 6.33. The normalized spacial score (nSPS) is 20.7. The lowest BCUT2D eigenvalue weighted by molar-refractivity contribution is 0.0129. The zero-order valence-electron chi connectivity index (χ0n) is 9.12. The Bertz CT molecular complexity index is 370. The van der Waals surface area contributed by atoms with Crippen molar-refractivity contribution in [2.45, 2.75) is 31.8 Å². The SMILES string of the molecule is O=C(CC1CCCCO1)c1ccccc1Cl. The Morgan fingerprint density at radius 2 is 2.19 bits per heavy atom. The quantitative estimate of drug-likeness (QED) is 0.754. The van der Waals surface area contributed by atoms with Crippen LogP contribution in [0.3, 0.4) is 0 Å². The first kappa shape index (κ1) is 11.6. The number of halogens is 1. The van der Waals surface area contributed by atoms with Gasteiger partial charge < -0.3 is 4.74 Å². The van der Waals surface area contributed by atoms with Crippen LogP contribution in [0.1, 0.15) is 36.0 Å². The minimum atomic E-state index is 0.0810. The van der Waals surface area contributed by atoms with E-state index in [1.807, 2.05) is 12.1 Å². The van der Waals surface area contributed by atoms with Gasteiger partial charge in [-0.15, -0.1) is 0 Å². The van der Waals surface area contributed by atoms with Gasteiger partial charge in [-0.05, 0) is 31.4 Å². The van der Waals surface area contributed by atoms with Gasteiger partial charge in [0, 0.05) is 18.6 Å². The molecule has 0 aromatic heterocycles. The first-order chi connectivity index (χ1) is 7.77. The number of carbonyl (C=O) groups is 1. The van der Waals surface area contributed by atoms with Gasteiger partial charge in [-0.25, -0.2) is 0 Å². The first-order valence-corrected chi connectivity index (χ1v) is 6.04. The van der Waals surface area contributed by atoms with E-state index in [2.05, 4.69) is 0 Å². The average Bonchev–Trinajstić information content (AvgIpc) is 2.31. The number of ether oxygens (including phenoxy) is 1. The second-order valence-electron chi connectivity index (χ2n) is 4.10. The molecule has 0 N–H and O–H groups in total. The minimum absolute atomic E-state index is 0.0810. The summed E-state index contributed by atoms with van der Waals surface area (Å²) in [6, 6.07) is 7.18. The Labute approximate surface area is 101 Å². The summed E-state index contributed by atoms with van der Waals surface area (Å²) in [4.78, 5) is 12.0. The van der Waals surface area contributed by atoms with Gasteiger partial charge in [0.05, 0.1) is 11.1 Å². The van der Waals surface area contributed by atoms with Gasteiger partial charge in [-0.3, -0.25) is 4.79 Å². The van der Waals surface area contributed by atoms with Crippen molar-refractivity contribution in [2.24, 2.45) is 0 Å². The van der Waals surface area contributed by atoms with Crippen molar-refractivity contribution < 1.29 is 9.53 Å². The molecule has 1 unspecified atom stereocenters. The molecule has 1 atom stereocenters. The van der Waals surface area contributed by atoms with Crippen molar-refractivity contribution in [1.29, 1.82) is 0 Å². The molecule has 1 saturated heterocycles. The predicted octanol–water partition coefficient (Wildman–Crippen LogP) is 3.48. The molecule has 0 spiro atoms. The summed E-state index contributed by atoms with van der Waals surface area (Å²) in [6.45, 7) is 0.778. The minimum Gasteiger partial charge on any atom is -0.378 e. The number of Topliss-reactive ketones (excluding diaryl/α,β-unsaturated/α-hetero) is 1. The van der Waals surface area contributed by atoms with E-state index in [-0.39, 0.29) is 11.9 Å². The molecule has 16 heavy (non-hydrogen) atoms. The molecule has 1 aliphatic heterocycles. The van der Waals surface area contributed by atoms with Crippen LogP contribution < -0.4 is 0 Å². The summed E-state index contributed by atoms with van der Waals surface area (Å²) < 4.78 is 5.55. The Balaban J connectivity index is 2.00. The molecular weight excluding hydrogens is 224 g/mol. The largest absolute Gasteiger partial charge is 0.378 e. The van der Waals surface area contributed by atoms with Gasteiger partial charge in [0.1, 0.15) is 0 Å². The Hall–Kier alpha value is -0.860. The van der Waals surface area contributed by atoms with Crippen molar-refractivity contribution in [3.63, 3.8) is 0 Å². The summed E-state index contributed by atoms with van der Waals surface area (Å²) in [5.74, 6) is 0.0810. The third-order valence-electron chi connectivity index (χ3n) is 2.86. The number of carbonyl (C=O) groups excluding carboxylic acids is 1. The van der Waals surface area contributed by atoms with E-state index in [0.29, 0.717) is 17.0 Å². The fourth-order valence-corrected chi connectivity index (χ4v) is 2.21. The summed E-state index contributed by atoms with van der Waals surface area (Å²) in [6.07, 6.45) is 3.77. The molecule has 0 amide bonds. The van der Waals surface area contributed by atoms with E-state index < -0.39 is 0 Å². The van der Waals surface area contributed by atoms with Gasteiger partial charge in [-0.1, -0.05) is 23.7 Å². The summed E-state index contributed by atoms with van der Waals surface area (Å²) in [5.41, 5.74) is 0.610. The lowest BCUT2D eigenvalue weighted by atomic mass is 10.0. The van der Waals surface area contributed by atoms with Crippen molar-refractivity contribution in [3.05, 3.63) is 34.9 Å². The van der Waals surface area contributed by atoms with E-state index >= 15 is 0 Å². The maximum absolute atomic E-state index is 12.0. The van der Waals surface area contributed by atoms with Gasteiger partial charge in [0.25, 0.3) is 0 Å². The molecule has 0 bridgehead atoms. The lowest BCUT2D eigenvalue weighted by Gasteiger charge is -2.21. The molecule has 3 heteroatoms. The van der Waals surface area contributed by atoms with Crippen LogP contribution in [-0.2, 0) is 4.74 Å². The molecule has 0 radical (unpaired) electrons. The Morgan fingerprint density at radius 3 is 2.88 bits per heavy atom. The van der Waals surface area contributed by atoms with E-state index in [0.717, 1.165) is 25.9 Å². The number of rotatable bonds is 3. The number of benzene rings is 1. The zero-order valence-corrected chi connectivity index (χ0v) is 9.87. The highest BCUT2D eigenvalue weighted by atomic mass is 35.5. The van der Waals surface area contributed by atoms with Crippen molar-refractivity contribution in [2.75, 3.05) is 6.61 Å². The molecule has 2 nitrogen and oxygen atoms in total. The van der Waals surface area contributed by atoms with Crippen LogP contribution in [0.2, 0.25) is 5.02 Å². The third kappa shape index (κ3) is 2.83. The van der Waals surface area contributed by atoms with E-state index in [1.54, 1.807) is 12.1 Å². The molecule has 0 aliphatic carbocycles. The smallest absolute Gasteiger partial charge is 0.166 e. The molecule has 1 aromatic carbocycles. The molecule has 86 valence electrons. The maximum Gasteiger partial charge on any atom is 0.166 e. The number of hydrogen-bond acceptors (Lipinski definition) is 2. The average molecular weight is 239 g/mol. The summed E-state index contributed by atoms with van der Waals surface area (Å²) in [7, 11) is 0. The summed E-state index contributed by atoms with van der Waals surface area (Å²) >= 11 is 5.98. The van der Waals surface area contributed by atoms with Crippen molar-refractivity contribution >= 4 is 17.4 Å². The standard InChI is InChI=1S/C13H15ClO2/c14-12-7-2-1-6-11(12)13(15)9-10-5-3-4-8-16-10/h1-2,6-7,10H,3-5,8-9H2. The van der Waals surface area contributed by atoms with Gasteiger partial charge in [-0.2, -0.15) is 0 Å². The Kier molecular flexibility index (Phi) is 3.97. The highest BCUT2D eigenvalue weighted by Crippen LogP contribution is 2.21. The fourth-order valence-electron chi connectivity index (χ4n) is 1.97. The lowest BCUT2D eigenvalue weighted by Crippen LogP contribution is -2.22. The van der Waals surface area contributed by atoms with Crippen molar-refractivity contribution in [1.82, 2.24) is 0 Å². The molecule has 2 rings (SSSR count). The molecule has 1 aromatic rings. The number of ketones is 1. The van der Waals surface area contributed by atoms with Crippen LogP contribution in [0, 0.1) is 0 Å². The van der Waals surface area contributed by atoms with Gasteiger partial charge in [0.2, 0.25) is 0 Å². The second-order valence-corrected chi connectivity index (χ2v) is 4.50. The second kappa shape index (κ2) is 5.46. The molecule has 0 saturated carbocycles. The zero-order chi connectivity index (χ0) is 11.4. The van der Waals surface area contributed by atoms with Crippen LogP contribution in [0.25, 0.3) is 0 Å². The monoisotopic (exact) mass is 238 g/mol. The predicted molar refractivity (Wildman–Crippen MR) is 64.0 cm³/mol. The van der Waals surface area contributed by atoms with Crippen LogP contribution in [0.5, 0.6) is 0 Å². The van der Waals surface area contributed by atoms with Crippen LogP contribution in [-0.4, -0.2) is 18.5 Å². The molecule has 1 aliphatic rings. The van der Waals surface area contributed by atoms with Crippen LogP contribution in [0.15, 0.2) is 24.3 Å². The maximum atomic E-state index is 12.0. The van der Waals surface area contributed by atoms with Gasteiger partial charge >= 0.3 is 0 Å². The fraction of sp³-hybridized carbons (Fsp3) is 0.462. The van der Waals surface area contributed by atoms with Gasteiger partial charge in [0.15, 0.2) is 5.78 Å². The van der Waals surface area contributed by atoms with Crippen LogP contribution in [0.4, 0.5) is 0 Å². The molecule has 1 fully saturated rings. The van der Waals surface area contributed by atoms with E-state index in [1.165, 1.54) is 0 Å². The molecule has 1 heterocycles.